The van der Waals surface area contributed by atoms with E-state index in [0.29, 0.717) is 31.9 Å². The third kappa shape index (κ3) is 4.67. The number of rotatable bonds is 5. The van der Waals surface area contributed by atoms with Gasteiger partial charge in [-0.05, 0) is 29.4 Å². The Kier molecular flexibility index (Phi) is 5.59. The minimum Gasteiger partial charge on any atom is -0.489 e. The first-order valence-corrected chi connectivity index (χ1v) is 10.8. The molecule has 4 rings (SSSR count). The molecule has 1 aromatic carbocycles. The molecule has 11 nitrogen and oxygen atoms in total. The number of nitrogens with zero attached hydrogens (tertiary/aromatic N) is 5. The number of nitro groups is 1. The summed E-state index contributed by atoms with van der Waals surface area (Å²) in [4.78, 5) is 29.6. The molecule has 0 radical (unpaired) electrons. The number of anilines is 1. The van der Waals surface area contributed by atoms with Crippen LogP contribution in [0.4, 0.5) is 16.3 Å². The molecule has 33 heavy (non-hydrogen) atoms. The number of piperazine rings is 1. The molecular formula is C22H29N5O6. The van der Waals surface area contributed by atoms with Gasteiger partial charge >= 0.3 is 17.9 Å². The van der Waals surface area contributed by atoms with Gasteiger partial charge in [-0.2, -0.15) is 0 Å². The van der Waals surface area contributed by atoms with Gasteiger partial charge in [-0.1, -0.05) is 26.8 Å². The largest absolute Gasteiger partial charge is 0.489 e. The summed E-state index contributed by atoms with van der Waals surface area (Å²) >= 11 is 0. The average molecular weight is 460 g/mol. The molecule has 0 spiro atoms. The molecule has 1 amide bonds. The Labute approximate surface area is 191 Å². The maximum absolute atomic E-state index is 11.7. The lowest BCUT2D eigenvalue weighted by Gasteiger charge is -2.46. The summed E-state index contributed by atoms with van der Waals surface area (Å²) < 4.78 is 13.5. The fraction of sp³-hybridized carbons (Fsp3) is 0.545. The molecule has 0 bridgehead atoms. The molecule has 2 aromatic rings. The van der Waals surface area contributed by atoms with Crippen LogP contribution in [0.15, 0.2) is 30.5 Å². The third-order valence-corrected chi connectivity index (χ3v) is 6.11. The van der Waals surface area contributed by atoms with Gasteiger partial charge in [-0.25, -0.2) is 4.79 Å². The standard InChI is InChI=1S/C22H29N5O6/c1-21(2,3)17-11-24(8-9-26(17)20(28)29)15-6-5-7-16(10-15)32-14-22(4)13-25-12-18(27(30)31)23-19(25)33-22/h5-7,10,12,17H,8-9,11,13-14H2,1-4H3,(H,28,29). The predicted molar refractivity (Wildman–Crippen MR) is 120 cm³/mol. The van der Waals surface area contributed by atoms with Crippen LogP contribution in [0.25, 0.3) is 0 Å². The van der Waals surface area contributed by atoms with E-state index in [1.54, 1.807) is 4.57 Å². The molecule has 2 unspecified atom stereocenters. The summed E-state index contributed by atoms with van der Waals surface area (Å²) in [5, 5.41) is 20.5. The lowest BCUT2D eigenvalue weighted by Crippen LogP contribution is -2.59. The summed E-state index contributed by atoms with van der Waals surface area (Å²) in [6.07, 6.45) is 0.477. The maximum atomic E-state index is 11.7. The van der Waals surface area contributed by atoms with Gasteiger partial charge in [-0.15, -0.1) is 0 Å². The molecule has 11 heteroatoms. The van der Waals surface area contributed by atoms with Crippen LogP contribution in [0.2, 0.25) is 0 Å². The molecule has 2 atom stereocenters. The van der Waals surface area contributed by atoms with Crippen molar-refractivity contribution in [3.05, 3.63) is 40.6 Å². The Bertz CT molecular complexity index is 1040. The highest BCUT2D eigenvalue weighted by molar-refractivity contribution is 5.66. The lowest BCUT2D eigenvalue weighted by atomic mass is 9.84. The highest BCUT2D eigenvalue weighted by Gasteiger charge is 2.41. The molecule has 1 saturated heterocycles. The van der Waals surface area contributed by atoms with Gasteiger partial charge in [0, 0.05) is 36.4 Å². The molecule has 2 aliphatic heterocycles. The number of hydrogen-bond acceptors (Lipinski definition) is 7. The second-order valence-electron chi connectivity index (χ2n) is 9.91. The monoisotopic (exact) mass is 459 g/mol. The maximum Gasteiger partial charge on any atom is 0.415 e. The normalized spacial score (nSPS) is 22.6. The van der Waals surface area contributed by atoms with E-state index in [0.717, 1.165) is 5.69 Å². The lowest BCUT2D eigenvalue weighted by molar-refractivity contribution is -0.389. The highest BCUT2D eigenvalue weighted by Crippen LogP contribution is 2.33. The van der Waals surface area contributed by atoms with Crippen LogP contribution in [0, 0.1) is 15.5 Å². The van der Waals surface area contributed by atoms with Crippen molar-refractivity contribution in [2.24, 2.45) is 5.41 Å². The Morgan fingerprint density at radius 2 is 2.15 bits per heavy atom. The van der Waals surface area contributed by atoms with E-state index in [4.69, 9.17) is 9.47 Å². The Morgan fingerprint density at radius 1 is 1.39 bits per heavy atom. The summed E-state index contributed by atoms with van der Waals surface area (Å²) in [5.74, 6) is 0.429. The molecule has 2 aliphatic rings. The molecule has 1 aromatic heterocycles. The molecular weight excluding hydrogens is 430 g/mol. The average Bonchev–Trinajstić information content (AvgIpc) is 3.27. The van der Waals surface area contributed by atoms with Crippen molar-refractivity contribution < 1.29 is 24.3 Å². The van der Waals surface area contributed by atoms with Crippen molar-refractivity contribution in [1.29, 1.82) is 0 Å². The Balaban J connectivity index is 1.42. The fourth-order valence-electron chi connectivity index (χ4n) is 4.35. The van der Waals surface area contributed by atoms with Gasteiger partial charge in [-0.3, -0.25) is 4.57 Å². The van der Waals surface area contributed by atoms with Crippen molar-refractivity contribution >= 4 is 17.6 Å². The van der Waals surface area contributed by atoms with Crippen LogP contribution < -0.4 is 14.4 Å². The van der Waals surface area contributed by atoms with Crippen molar-refractivity contribution in [1.82, 2.24) is 14.5 Å². The SMILES string of the molecule is CC1(COc2cccc(N3CCN(C(=O)O)C(C(C)(C)C)C3)c2)Cn2cc([N+](=O)[O-])nc2O1. The number of amides is 1. The van der Waals surface area contributed by atoms with Gasteiger partial charge in [0.2, 0.25) is 0 Å². The number of imidazole rings is 1. The van der Waals surface area contributed by atoms with Crippen LogP contribution in [-0.2, 0) is 6.54 Å². The first kappa shape index (κ1) is 22.7. The van der Waals surface area contributed by atoms with Crippen LogP contribution in [0.3, 0.4) is 0 Å². The minimum atomic E-state index is -0.887. The van der Waals surface area contributed by atoms with E-state index < -0.39 is 16.6 Å². The molecule has 1 fully saturated rings. The zero-order valence-electron chi connectivity index (χ0n) is 19.2. The molecule has 0 aliphatic carbocycles. The van der Waals surface area contributed by atoms with Crippen molar-refractivity contribution in [2.45, 2.75) is 45.9 Å². The molecule has 3 heterocycles. The zero-order valence-corrected chi connectivity index (χ0v) is 19.2. The van der Waals surface area contributed by atoms with Gasteiger partial charge in [0.25, 0.3) is 0 Å². The Morgan fingerprint density at radius 3 is 2.79 bits per heavy atom. The predicted octanol–water partition coefficient (Wildman–Crippen LogP) is 3.24. The quantitative estimate of drug-likeness (QED) is 0.534. The van der Waals surface area contributed by atoms with E-state index in [2.05, 4.69) is 30.7 Å². The first-order valence-electron chi connectivity index (χ1n) is 10.8. The van der Waals surface area contributed by atoms with E-state index >= 15 is 0 Å². The van der Waals surface area contributed by atoms with Crippen LogP contribution in [0.1, 0.15) is 27.7 Å². The summed E-state index contributed by atoms with van der Waals surface area (Å²) in [5.41, 5.74) is 0.0738. The minimum absolute atomic E-state index is 0.134. The Hall–Kier alpha value is -3.50. The van der Waals surface area contributed by atoms with Crippen molar-refractivity contribution in [3.8, 4) is 11.8 Å². The topological polar surface area (TPSA) is 123 Å². The van der Waals surface area contributed by atoms with Crippen LogP contribution >= 0.6 is 0 Å². The number of ether oxygens (including phenoxy) is 2. The first-order chi connectivity index (χ1) is 15.4. The second-order valence-corrected chi connectivity index (χ2v) is 9.91. The number of aromatic nitrogens is 2. The summed E-state index contributed by atoms with van der Waals surface area (Å²) in [6, 6.07) is 7.78. The highest BCUT2D eigenvalue weighted by atomic mass is 16.6. The van der Waals surface area contributed by atoms with Gasteiger partial charge < -0.3 is 34.5 Å². The number of carboxylic acid groups (broad SMARTS) is 1. The summed E-state index contributed by atoms with van der Waals surface area (Å²) in [7, 11) is 0. The number of fused-ring (bicyclic) bond motifs is 1. The number of hydrogen-bond donors (Lipinski definition) is 1. The van der Waals surface area contributed by atoms with Crippen molar-refractivity contribution in [2.75, 3.05) is 31.1 Å². The fourth-order valence-corrected chi connectivity index (χ4v) is 4.35. The van der Waals surface area contributed by atoms with E-state index in [1.165, 1.54) is 11.1 Å². The van der Waals surface area contributed by atoms with E-state index in [9.17, 15) is 20.0 Å². The van der Waals surface area contributed by atoms with E-state index in [-0.39, 0.29) is 29.9 Å². The smallest absolute Gasteiger partial charge is 0.415 e. The van der Waals surface area contributed by atoms with Gasteiger partial charge in [0.1, 0.15) is 18.6 Å². The zero-order chi connectivity index (χ0) is 24.0. The molecule has 0 saturated carbocycles. The summed E-state index contributed by atoms with van der Waals surface area (Å²) in [6.45, 7) is 10.3. The molecule has 178 valence electrons. The van der Waals surface area contributed by atoms with Crippen molar-refractivity contribution in [3.63, 3.8) is 0 Å². The van der Waals surface area contributed by atoms with Gasteiger partial charge in [0.15, 0.2) is 5.60 Å². The van der Waals surface area contributed by atoms with E-state index in [1.807, 2.05) is 31.2 Å². The molecule has 1 N–H and O–H groups in total. The number of benzene rings is 1. The second kappa shape index (κ2) is 8.13. The van der Waals surface area contributed by atoms with Gasteiger partial charge in [0.05, 0.1) is 12.6 Å². The van der Waals surface area contributed by atoms with Crippen LogP contribution in [0.5, 0.6) is 11.8 Å². The van der Waals surface area contributed by atoms with Crippen LogP contribution in [-0.4, -0.2) is 68.5 Å². The number of carbonyl (C=O) groups is 1. The third-order valence-electron chi connectivity index (χ3n) is 6.11.